The van der Waals surface area contributed by atoms with Crippen molar-refractivity contribution in [3.63, 3.8) is 0 Å². The van der Waals surface area contributed by atoms with E-state index in [9.17, 15) is 50.1 Å². The van der Waals surface area contributed by atoms with Gasteiger partial charge in [-0.25, -0.2) is 9.18 Å². The molecule has 42 heavy (non-hydrogen) atoms. The smallest absolute Gasteiger partial charge is 0.428 e. The van der Waals surface area contributed by atoms with Crippen molar-refractivity contribution in [2.24, 2.45) is 0 Å². The van der Waals surface area contributed by atoms with E-state index in [0.29, 0.717) is 17.7 Å². The molecule has 3 aromatic rings. The maximum Gasteiger partial charge on any atom is 0.461 e. The first-order valence-electron chi connectivity index (χ1n) is 11.8. The van der Waals surface area contributed by atoms with Gasteiger partial charge in [0.25, 0.3) is 0 Å². The molecule has 228 valence electrons. The van der Waals surface area contributed by atoms with Crippen molar-refractivity contribution in [1.29, 1.82) is 0 Å². The number of aliphatic hydroxyl groups excluding tert-OH is 2. The van der Waals surface area contributed by atoms with E-state index in [2.05, 4.69) is 15.0 Å². The monoisotopic (exact) mass is 627 g/mol. The molecule has 0 radical (unpaired) electrons. The molecule has 4 N–H and O–H groups in total. The fourth-order valence-corrected chi connectivity index (χ4v) is 4.08. The van der Waals surface area contributed by atoms with E-state index in [4.69, 9.17) is 11.6 Å². The van der Waals surface area contributed by atoms with Crippen LogP contribution in [0.5, 0.6) is 5.75 Å². The van der Waals surface area contributed by atoms with Gasteiger partial charge in [0.05, 0.1) is 23.4 Å². The Balaban J connectivity index is 2.21. The van der Waals surface area contributed by atoms with Gasteiger partial charge in [0.1, 0.15) is 17.1 Å². The van der Waals surface area contributed by atoms with Crippen LogP contribution in [0.25, 0.3) is 0 Å². The fraction of sp³-hybridized carbons (Fsp3) is 0.308. The van der Waals surface area contributed by atoms with Gasteiger partial charge in [-0.3, -0.25) is 4.98 Å². The highest BCUT2D eigenvalue weighted by atomic mass is 35.5. The predicted octanol–water partition coefficient (Wildman–Crippen LogP) is 5.18. The number of urea groups is 1. The minimum Gasteiger partial charge on any atom is -0.428 e. The van der Waals surface area contributed by atoms with E-state index < -0.39 is 66.2 Å². The van der Waals surface area contributed by atoms with Crippen LogP contribution in [-0.2, 0) is 12.0 Å². The standard InChI is InChI=1S/C26H22ClF8N3O4/c27-16-6-7-20(36-12-16)24(11-14-4-2-1-3-5-14,38-23(41)37-19(13-39)21(40)25(31,32)33)15-8-17(28)10-18(9-15)42-26(34,35)22(29)30/h1-10,12,19,21-22,39-40H,11,13H2,(H2,37,38,41)/t19-,21-,24+/m1/s1. The molecule has 1 aromatic heterocycles. The molecule has 1 heterocycles. The van der Waals surface area contributed by atoms with Crippen molar-refractivity contribution in [2.75, 3.05) is 6.61 Å². The van der Waals surface area contributed by atoms with E-state index in [1.54, 1.807) is 23.5 Å². The van der Waals surface area contributed by atoms with Crippen molar-refractivity contribution in [3.8, 4) is 5.75 Å². The molecule has 3 atom stereocenters. The highest BCUT2D eigenvalue weighted by molar-refractivity contribution is 6.30. The lowest BCUT2D eigenvalue weighted by Gasteiger charge is -2.36. The summed E-state index contributed by atoms with van der Waals surface area (Å²) in [6, 6.07) is 8.47. The van der Waals surface area contributed by atoms with Crippen LogP contribution in [0.15, 0.2) is 66.9 Å². The summed E-state index contributed by atoms with van der Waals surface area (Å²) in [7, 11) is 0. The molecule has 2 aromatic carbocycles. The number of amides is 2. The molecule has 0 aliphatic carbocycles. The van der Waals surface area contributed by atoms with Crippen LogP contribution < -0.4 is 15.4 Å². The Bertz CT molecular complexity index is 1350. The third kappa shape index (κ3) is 7.98. The molecule has 0 aliphatic heterocycles. The van der Waals surface area contributed by atoms with Crippen LogP contribution in [0.1, 0.15) is 16.8 Å². The number of aliphatic hydroxyl groups is 2. The van der Waals surface area contributed by atoms with Gasteiger partial charge in [-0.1, -0.05) is 41.9 Å². The molecule has 0 spiro atoms. The van der Waals surface area contributed by atoms with Gasteiger partial charge in [0.15, 0.2) is 6.10 Å². The van der Waals surface area contributed by atoms with Gasteiger partial charge in [0, 0.05) is 18.7 Å². The maximum atomic E-state index is 14.8. The number of nitrogens with zero attached hydrogens (tertiary/aromatic N) is 1. The number of halogens is 9. The second kappa shape index (κ2) is 13.1. The fourth-order valence-electron chi connectivity index (χ4n) is 3.97. The summed E-state index contributed by atoms with van der Waals surface area (Å²) in [5.74, 6) is -2.36. The van der Waals surface area contributed by atoms with Crippen molar-refractivity contribution >= 4 is 17.6 Å². The number of hydrogen-bond acceptors (Lipinski definition) is 5. The molecule has 3 rings (SSSR count). The van der Waals surface area contributed by atoms with Crippen LogP contribution >= 0.6 is 11.6 Å². The SMILES string of the molecule is O=C(N[C@H](CO)[C@@H](O)C(F)(F)F)N[C@@](Cc1ccccc1)(c1cc(F)cc(OC(F)(F)C(F)F)c1)c1ccc(Cl)cn1. The molecule has 0 fully saturated rings. The molecule has 0 bridgehead atoms. The van der Waals surface area contributed by atoms with Crippen molar-refractivity contribution in [3.05, 3.63) is 94.5 Å². The molecule has 2 amide bonds. The molecule has 0 unspecified atom stereocenters. The number of rotatable bonds is 11. The van der Waals surface area contributed by atoms with Gasteiger partial charge in [0.2, 0.25) is 0 Å². The van der Waals surface area contributed by atoms with E-state index in [1.165, 1.54) is 24.3 Å². The lowest BCUT2D eigenvalue weighted by atomic mass is 9.80. The topological polar surface area (TPSA) is 104 Å². The first-order chi connectivity index (χ1) is 19.6. The average molecular weight is 628 g/mol. The van der Waals surface area contributed by atoms with Gasteiger partial charge in [-0.05, 0) is 35.4 Å². The number of benzene rings is 2. The molecule has 0 saturated heterocycles. The normalized spacial score (nSPS) is 15.0. The third-order valence-electron chi connectivity index (χ3n) is 5.91. The summed E-state index contributed by atoms with van der Waals surface area (Å²) < 4.78 is 111. The number of nitrogens with one attached hydrogen (secondary N) is 2. The lowest BCUT2D eigenvalue weighted by molar-refractivity contribution is -0.253. The maximum absolute atomic E-state index is 14.8. The van der Waals surface area contributed by atoms with Gasteiger partial charge < -0.3 is 25.6 Å². The summed E-state index contributed by atoms with van der Waals surface area (Å²) >= 11 is 5.93. The highest BCUT2D eigenvalue weighted by Gasteiger charge is 2.46. The summed E-state index contributed by atoms with van der Waals surface area (Å²) in [5.41, 5.74) is -2.29. The highest BCUT2D eigenvalue weighted by Crippen LogP contribution is 2.37. The molecule has 7 nitrogen and oxygen atoms in total. The Morgan fingerprint density at radius 2 is 1.69 bits per heavy atom. The predicted molar refractivity (Wildman–Crippen MR) is 133 cm³/mol. The molecule has 16 heteroatoms. The summed E-state index contributed by atoms with van der Waals surface area (Å²) in [4.78, 5) is 17.3. The van der Waals surface area contributed by atoms with E-state index in [0.717, 1.165) is 12.3 Å². The average Bonchev–Trinajstić information content (AvgIpc) is 2.90. The molecule has 0 saturated carbocycles. The van der Waals surface area contributed by atoms with Crippen LogP contribution in [0.4, 0.5) is 39.9 Å². The number of carbonyl (C=O) groups excluding carboxylic acids is 1. The van der Waals surface area contributed by atoms with Crippen LogP contribution in [0.2, 0.25) is 5.02 Å². The molecular formula is C26H22ClF8N3O4. The number of carbonyl (C=O) groups is 1. The summed E-state index contributed by atoms with van der Waals surface area (Å²) in [5, 5.41) is 23.2. The van der Waals surface area contributed by atoms with E-state index in [-0.39, 0.29) is 17.1 Å². The number of hydrogen-bond donors (Lipinski definition) is 4. The molecular weight excluding hydrogens is 606 g/mol. The van der Waals surface area contributed by atoms with Crippen LogP contribution in [0.3, 0.4) is 0 Å². The summed E-state index contributed by atoms with van der Waals surface area (Å²) in [6.45, 7) is -1.36. The zero-order valence-electron chi connectivity index (χ0n) is 21.1. The van der Waals surface area contributed by atoms with E-state index in [1.807, 2.05) is 0 Å². The largest absolute Gasteiger partial charge is 0.461 e. The van der Waals surface area contributed by atoms with Crippen LogP contribution in [-0.4, -0.2) is 58.7 Å². The van der Waals surface area contributed by atoms with Gasteiger partial charge in [-0.2, -0.15) is 30.7 Å². The first-order valence-corrected chi connectivity index (χ1v) is 12.2. The second-order valence-electron chi connectivity index (χ2n) is 8.94. The van der Waals surface area contributed by atoms with Crippen molar-refractivity contribution in [2.45, 2.75) is 42.8 Å². The van der Waals surface area contributed by atoms with E-state index >= 15 is 0 Å². The number of pyridine rings is 1. The number of ether oxygens (including phenoxy) is 1. The Hall–Kier alpha value is -3.69. The Morgan fingerprint density at radius 3 is 2.24 bits per heavy atom. The molecule has 0 aliphatic rings. The number of alkyl halides is 7. The quantitative estimate of drug-likeness (QED) is 0.220. The Morgan fingerprint density at radius 1 is 1.02 bits per heavy atom. The van der Waals surface area contributed by atoms with Gasteiger partial charge >= 0.3 is 24.7 Å². The minimum absolute atomic E-state index is 0.0882. The zero-order chi connectivity index (χ0) is 31.3. The van der Waals surface area contributed by atoms with Crippen molar-refractivity contribution in [1.82, 2.24) is 15.6 Å². The second-order valence-corrected chi connectivity index (χ2v) is 9.38. The number of aromatic nitrogens is 1. The first kappa shape index (κ1) is 32.8. The Kier molecular flexibility index (Phi) is 10.2. The lowest BCUT2D eigenvalue weighted by Crippen LogP contribution is -2.58. The summed E-state index contributed by atoms with van der Waals surface area (Å²) in [6.07, 6.45) is -17.0. The van der Waals surface area contributed by atoms with Gasteiger partial charge in [-0.15, -0.1) is 0 Å². The van der Waals surface area contributed by atoms with Crippen LogP contribution in [0, 0.1) is 5.82 Å². The minimum atomic E-state index is -5.25. The Labute approximate surface area is 238 Å². The third-order valence-corrected chi connectivity index (χ3v) is 6.13. The van der Waals surface area contributed by atoms with Crippen molar-refractivity contribution < 1.29 is 54.9 Å². The zero-order valence-corrected chi connectivity index (χ0v) is 21.8.